The average molecular weight is 333 g/mol. The lowest BCUT2D eigenvalue weighted by Gasteiger charge is -2.24. The molecule has 0 radical (unpaired) electrons. The van der Waals surface area contributed by atoms with Gasteiger partial charge in [0.05, 0.1) is 6.61 Å². The second kappa shape index (κ2) is 6.93. The first-order chi connectivity index (χ1) is 11.1. The zero-order valence-corrected chi connectivity index (χ0v) is 15.2. The number of carbonyl (C=O) groups is 2. The molecule has 1 atom stereocenters. The number of amides is 1. The highest BCUT2D eigenvalue weighted by atomic mass is 16.6. The SMILES string of the molecule is CC(C)(C)OC(=O)CN1CC(C)(C)C(OCc2ccccc2)C1=O. The van der Waals surface area contributed by atoms with Gasteiger partial charge >= 0.3 is 5.97 Å². The van der Waals surface area contributed by atoms with Crippen molar-refractivity contribution in [1.29, 1.82) is 0 Å². The van der Waals surface area contributed by atoms with E-state index in [0.29, 0.717) is 13.2 Å². The first kappa shape index (κ1) is 18.5. The zero-order valence-electron chi connectivity index (χ0n) is 15.2. The van der Waals surface area contributed by atoms with Crippen molar-refractivity contribution < 1.29 is 19.1 Å². The van der Waals surface area contributed by atoms with Gasteiger partial charge in [-0.1, -0.05) is 44.2 Å². The number of likely N-dealkylation sites (tertiary alicyclic amines) is 1. The molecule has 1 aromatic carbocycles. The summed E-state index contributed by atoms with van der Waals surface area (Å²) in [5.74, 6) is -0.544. The molecule has 1 fully saturated rings. The van der Waals surface area contributed by atoms with Crippen molar-refractivity contribution in [3.05, 3.63) is 35.9 Å². The summed E-state index contributed by atoms with van der Waals surface area (Å²) in [5.41, 5.74) is 0.110. The normalized spacial score (nSPS) is 20.3. The quantitative estimate of drug-likeness (QED) is 0.778. The van der Waals surface area contributed by atoms with E-state index in [9.17, 15) is 9.59 Å². The van der Waals surface area contributed by atoms with E-state index in [1.54, 1.807) is 0 Å². The summed E-state index contributed by atoms with van der Waals surface area (Å²) in [5, 5.41) is 0. The van der Waals surface area contributed by atoms with E-state index in [2.05, 4.69) is 0 Å². The van der Waals surface area contributed by atoms with Crippen LogP contribution in [0.25, 0.3) is 0 Å². The molecule has 132 valence electrons. The summed E-state index contributed by atoms with van der Waals surface area (Å²) in [7, 11) is 0. The lowest BCUT2D eigenvalue weighted by molar-refractivity contribution is -0.159. The summed E-state index contributed by atoms with van der Waals surface area (Å²) < 4.78 is 11.2. The van der Waals surface area contributed by atoms with Crippen molar-refractivity contribution in [2.75, 3.05) is 13.1 Å². The van der Waals surface area contributed by atoms with Crippen LogP contribution in [0.2, 0.25) is 0 Å². The molecule has 1 aliphatic heterocycles. The van der Waals surface area contributed by atoms with E-state index in [1.165, 1.54) is 4.90 Å². The lowest BCUT2D eigenvalue weighted by Crippen LogP contribution is -2.38. The summed E-state index contributed by atoms with van der Waals surface area (Å²) in [6.07, 6.45) is -0.555. The van der Waals surface area contributed by atoms with Gasteiger partial charge in [-0.3, -0.25) is 9.59 Å². The third-order valence-corrected chi connectivity index (χ3v) is 3.84. The number of nitrogens with zero attached hydrogens (tertiary/aromatic N) is 1. The molecule has 24 heavy (non-hydrogen) atoms. The fraction of sp³-hybridized carbons (Fsp3) is 0.579. The van der Waals surface area contributed by atoms with Crippen LogP contribution in [-0.4, -0.2) is 41.6 Å². The minimum absolute atomic E-state index is 0.0370. The number of carbonyl (C=O) groups excluding carboxylic acids is 2. The topological polar surface area (TPSA) is 55.8 Å². The van der Waals surface area contributed by atoms with Crippen molar-refractivity contribution in [2.45, 2.75) is 52.9 Å². The maximum atomic E-state index is 12.6. The maximum absolute atomic E-state index is 12.6. The molecule has 1 aliphatic rings. The van der Waals surface area contributed by atoms with E-state index < -0.39 is 17.7 Å². The minimum atomic E-state index is -0.557. The van der Waals surface area contributed by atoms with Crippen molar-refractivity contribution >= 4 is 11.9 Å². The molecular formula is C19H27NO4. The van der Waals surface area contributed by atoms with Crippen LogP contribution in [0.3, 0.4) is 0 Å². The Balaban J connectivity index is 1.98. The van der Waals surface area contributed by atoms with Gasteiger partial charge in [-0.25, -0.2) is 0 Å². The fourth-order valence-electron chi connectivity index (χ4n) is 2.87. The molecular weight excluding hydrogens is 306 g/mol. The van der Waals surface area contributed by atoms with Crippen LogP contribution in [-0.2, 0) is 25.7 Å². The van der Waals surface area contributed by atoms with E-state index in [-0.39, 0.29) is 17.9 Å². The van der Waals surface area contributed by atoms with E-state index in [1.807, 2.05) is 65.0 Å². The van der Waals surface area contributed by atoms with Crippen LogP contribution < -0.4 is 0 Å². The molecule has 0 saturated carbocycles. The fourth-order valence-corrected chi connectivity index (χ4v) is 2.87. The molecule has 0 N–H and O–H groups in total. The number of esters is 1. The highest BCUT2D eigenvalue weighted by Crippen LogP contribution is 2.33. The van der Waals surface area contributed by atoms with E-state index in [4.69, 9.17) is 9.47 Å². The molecule has 0 aromatic heterocycles. The predicted octanol–water partition coefficient (Wildman–Crippen LogP) is 2.78. The molecule has 1 amide bonds. The summed E-state index contributed by atoms with van der Waals surface area (Å²) >= 11 is 0. The molecule has 1 saturated heterocycles. The Morgan fingerprint density at radius 1 is 1.25 bits per heavy atom. The molecule has 0 bridgehead atoms. The van der Waals surface area contributed by atoms with Crippen molar-refractivity contribution in [2.24, 2.45) is 5.41 Å². The minimum Gasteiger partial charge on any atom is -0.459 e. The highest BCUT2D eigenvalue weighted by Gasteiger charge is 2.47. The Labute approximate surface area is 143 Å². The Morgan fingerprint density at radius 2 is 1.88 bits per heavy atom. The second-order valence-corrected chi connectivity index (χ2v) is 7.95. The van der Waals surface area contributed by atoms with Gasteiger partial charge in [0.2, 0.25) is 0 Å². The summed E-state index contributed by atoms with van der Waals surface area (Å²) in [6, 6.07) is 9.75. The molecule has 1 aromatic rings. The molecule has 1 heterocycles. The van der Waals surface area contributed by atoms with Crippen LogP contribution in [0, 0.1) is 5.41 Å². The van der Waals surface area contributed by atoms with Crippen LogP contribution in [0.5, 0.6) is 0 Å². The van der Waals surface area contributed by atoms with Gasteiger partial charge in [0, 0.05) is 12.0 Å². The van der Waals surface area contributed by atoms with Gasteiger partial charge in [0.25, 0.3) is 5.91 Å². The average Bonchev–Trinajstić information content (AvgIpc) is 2.65. The van der Waals surface area contributed by atoms with Gasteiger partial charge in [-0.2, -0.15) is 0 Å². The third kappa shape index (κ3) is 4.81. The van der Waals surface area contributed by atoms with Crippen molar-refractivity contribution in [1.82, 2.24) is 4.90 Å². The second-order valence-electron chi connectivity index (χ2n) is 7.95. The third-order valence-electron chi connectivity index (χ3n) is 3.84. The Morgan fingerprint density at radius 3 is 2.46 bits per heavy atom. The Hall–Kier alpha value is -1.88. The standard InChI is InChI=1S/C19H27NO4/c1-18(2,3)24-15(21)11-20-13-19(4,5)16(17(20)22)23-12-14-9-7-6-8-10-14/h6-10,16H,11-13H2,1-5H3. The van der Waals surface area contributed by atoms with E-state index >= 15 is 0 Å². The van der Waals surface area contributed by atoms with Crippen molar-refractivity contribution in [3.8, 4) is 0 Å². The molecule has 5 nitrogen and oxygen atoms in total. The van der Waals surface area contributed by atoms with E-state index in [0.717, 1.165) is 5.56 Å². The summed E-state index contributed by atoms with van der Waals surface area (Å²) in [4.78, 5) is 26.2. The number of rotatable bonds is 5. The molecule has 0 spiro atoms. The summed E-state index contributed by atoms with van der Waals surface area (Å²) in [6.45, 7) is 10.2. The molecule has 0 aliphatic carbocycles. The van der Waals surface area contributed by atoms with Crippen LogP contribution in [0.1, 0.15) is 40.2 Å². The first-order valence-electron chi connectivity index (χ1n) is 8.25. The van der Waals surface area contributed by atoms with Gasteiger partial charge in [-0.05, 0) is 26.3 Å². The van der Waals surface area contributed by atoms with Crippen LogP contribution in [0.15, 0.2) is 30.3 Å². The lowest BCUT2D eigenvalue weighted by atomic mass is 9.89. The van der Waals surface area contributed by atoms with Crippen molar-refractivity contribution in [3.63, 3.8) is 0 Å². The Kier molecular flexibility index (Phi) is 5.33. The molecule has 2 rings (SSSR count). The largest absolute Gasteiger partial charge is 0.459 e. The Bertz CT molecular complexity index is 589. The predicted molar refractivity (Wildman–Crippen MR) is 91.2 cm³/mol. The highest BCUT2D eigenvalue weighted by molar-refractivity contribution is 5.88. The number of hydrogen-bond donors (Lipinski definition) is 0. The number of hydrogen-bond acceptors (Lipinski definition) is 4. The smallest absolute Gasteiger partial charge is 0.326 e. The first-order valence-corrected chi connectivity index (χ1v) is 8.25. The number of benzene rings is 1. The van der Waals surface area contributed by atoms with Crippen LogP contribution >= 0.6 is 0 Å². The monoisotopic (exact) mass is 333 g/mol. The molecule has 5 heteroatoms. The zero-order chi connectivity index (χ0) is 18.0. The van der Waals surface area contributed by atoms with Gasteiger partial charge < -0.3 is 14.4 Å². The van der Waals surface area contributed by atoms with Gasteiger partial charge in [0.15, 0.2) is 0 Å². The van der Waals surface area contributed by atoms with Crippen LogP contribution in [0.4, 0.5) is 0 Å². The van der Waals surface area contributed by atoms with Gasteiger partial charge in [0.1, 0.15) is 18.2 Å². The number of ether oxygens (including phenoxy) is 2. The van der Waals surface area contributed by atoms with Gasteiger partial charge in [-0.15, -0.1) is 0 Å². The molecule has 1 unspecified atom stereocenters. The maximum Gasteiger partial charge on any atom is 0.326 e.